The molecule has 2 aromatic rings. The number of pyridine rings is 1. The van der Waals surface area contributed by atoms with Gasteiger partial charge in [-0.1, -0.05) is 44.4 Å². The van der Waals surface area contributed by atoms with Crippen molar-refractivity contribution in [2.24, 2.45) is 5.41 Å². The molecule has 2 nitrogen and oxygen atoms in total. The Balaban J connectivity index is 1.78. The molecule has 1 aromatic carbocycles. The summed E-state index contributed by atoms with van der Waals surface area (Å²) in [4.78, 5) is 4.41. The van der Waals surface area contributed by atoms with Gasteiger partial charge in [0.05, 0.1) is 5.52 Å². The lowest BCUT2D eigenvalue weighted by molar-refractivity contribution is 0.233. The lowest BCUT2D eigenvalue weighted by atomic mass is 9.75. The average molecular weight is 254 g/mol. The second-order valence-electron chi connectivity index (χ2n) is 6.10. The zero-order chi connectivity index (χ0) is 13.1. The predicted molar refractivity (Wildman–Crippen MR) is 81.4 cm³/mol. The zero-order valence-electron chi connectivity index (χ0n) is 11.7. The first kappa shape index (κ1) is 12.5. The van der Waals surface area contributed by atoms with Crippen molar-refractivity contribution in [3.8, 4) is 0 Å². The molecule has 1 fully saturated rings. The number of nitrogens with zero attached hydrogens (tertiary/aromatic N) is 1. The molecule has 0 unspecified atom stereocenters. The van der Waals surface area contributed by atoms with Crippen LogP contribution in [0, 0.1) is 5.41 Å². The van der Waals surface area contributed by atoms with Gasteiger partial charge in [0.2, 0.25) is 0 Å². The van der Waals surface area contributed by atoms with E-state index >= 15 is 0 Å². The van der Waals surface area contributed by atoms with Crippen LogP contribution >= 0.6 is 0 Å². The third-order valence-corrected chi connectivity index (χ3v) is 4.42. The highest BCUT2D eigenvalue weighted by atomic mass is 14.9. The SMILES string of the molecule is CC1(CNc2ccnc3ccccc23)CCCCC1. The number of aromatic nitrogens is 1. The van der Waals surface area contributed by atoms with Crippen molar-refractivity contribution in [2.45, 2.75) is 39.0 Å². The molecule has 1 N–H and O–H groups in total. The molecule has 0 bridgehead atoms. The third-order valence-electron chi connectivity index (χ3n) is 4.42. The maximum atomic E-state index is 4.41. The summed E-state index contributed by atoms with van der Waals surface area (Å²) in [5, 5.41) is 4.88. The molecule has 0 atom stereocenters. The van der Waals surface area contributed by atoms with Gasteiger partial charge in [-0.15, -0.1) is 0 Å². The minimum absolute atomic E-state index is 0.461. The molecule has 1 aliphatic carbocycles. The normalized spacial score (nSPS) is 18.4. The fourth-order valence-corrected chi connectivity index (χ4v) is 3.14. The number of anilines is 1. The molecule has 1 heterocycles. The van der Waals surface area contributed by atoms with Gasteiger partial charge in [0.15, 0.2) is 0 Å². The molecule has 100 valence electrons. The molecule has 3 rings (SSSR count). The van der Waals surface area contributed by atoms with E-state index in [4.69, 9.17) is 0 Å². The van der Waals surface area contributed by atoms with Crippen molar-refractivity contribution < 1.29 is 0 Å². The number of nitrogens with one attached hydrogen (secondary N) is 1. The number of para-hydroxylation sites is 1. The summed E-state index contributed by atoms with van der Waals surface area (Å²) in [6, 6.07) is 10.4. The Morgan fingerprint density at radius 3 is 2.74 bits per heavy atom. The van der Waals surface area contributed by atoms with Gasteiger partial charge in [-0.25, -0.2) is 0 Å². The summed E-state index contributed by atoms with van der Waals surface area (Å²) in [5.74, 6) is 0. The largest absolute Gasteiger partial charge is 0.384 e. The quantitative estimate of drug-likeness (QED) is 0.864. The maximum absolute atomic E-state index is 4.41. The van der Waals surface area contributed by atoms with Gasteiger partial charge in [0.1, 0.15) is 0 Å². The highest BCUT2D eigenvalue weighted by Crippen LogP contribution is 2.36. The molecule has 1 aliphatic rings. The Kier molecular flexibility index (Phi) is 3.41. The van der Waals surface area contributed by atoms with E-state index in [2.05, 4.69) is 41.5 Å². The van der Waals surface area contributed by atoms with Gasteiger partial charge in [0.25, 0.3) is 0 Å². The van der Waals surface area contributed by atoms with E-state index in [0.29, 0.717) is 5.41 Å². The van der Waals surface area contributed by atoms with Crippen LogP contribution in [0.15, 0.2) is 36.5 Å². The van der Waals surface area contributed by atoms with Crippen LogP contribution in [-0.2, 0) is 0 Å². The maximum Gasteiger partial charge on any atom is 0.0722 e. The molecular formula is C17H22N2. The van der Waals surface area contributed by atoms with Crippen molar-refractivity contribution in [1.82, 2.24) is 4.98 Å². The van der Waals surface area contributed by atoms with Crippen LogP contribution < -0.4 is 5.32 Å². The first-order valence-electron chi connectivity index (χ1n) is 7.35. The van der Waals surface area contributed by atoms with Gasteiger partial charge >= 0.3 is 0 Å². The molecule has 19 heavy (non-hydrogen) atoms. The fourth-order valence-electron chi connectivity index (χ4n) is 3.14. The van der Waals surface area contributed by atoms with Gasteiger partial charge in [0, 0.05) is 23.8 Å². The fraction of sp³-hybridized carbons (Fsp3) is 0.471. The predicted octanol–water partition coefficient (Wildman–Crippen LogP) is 4.62. The van der Waals surface area contributed by atoms with Gasteiger partial charge < -0.3 is 5.32 Å². The minimum Gasteiger partial charge on any atom is -0.384 e. The number of benzene rings is 1. The Labute approximate surface area is 115 Å². The number of hydrogen-bond donors (Lipinski definition) is 1. The van der Waals surface area contributed by atoms with Crippen molar-refractivity contribution in [3.05, 3.63) is 36.5 Å². The lowest BCUT2D eigenvalue weighted by Crippen LogP contribution is -2.28. The molecule has 2 heteroatoms. The van der Waals surface area contributed by atoms with E-state index in [1.54, 1.807) is 0 Å². The first-order valence-corrected chi connectivity index (χ1v) is 7.35. The van der Waals surface area contributed by atoms with E-state index in [0.717, 1.165) is 12.1 Å². The summed E-state index contributed by atoms with van der Waals surface area (Å²) in [7, 11) is 0. The molecule has 0 amide bonds. The number of rotatable bonds is 3. The topological polar surface area (TPSA) is 24.9 Å². The molecule has 0 spiro atoms. The number of fused-ring (bicyclic) bond motifs is 1. The van der Waals surface area contributed by atoms with E-state index < -0.39 is 0 Å². The van der Waals surface area contributed by atoms with Crippen molar-refractivity contribution in [1.29, 1.82) is 0 Å². The summed E-state index contributed by atoms with van der Waals surface area (Å²) in [6.45, 7) is 3.49. The highest BCUT2D eigenvalue weighted by Gasteiger charge is 2.26. The summed E-state index contributed by atoms with van der Waals surface area (Å²) in [5.41, 5.74) is 2.75. The zero-order valence-corrected chi connectivity index (χ0v) is 11.7. The van der Waals surface area contributed by atoms with Crippen LogP contribution in [0.2, 0.25) is 0 Å². The van der Waals surface area contributed by atoms with Crippen LogP contribution in [0.3, 0.4) is 0 Å². The molecule has 1 aromatic heterocycles. The van der Waals surface area contributed by atoms with E-state index in [-0.39, 0.29) is 0 Å². The Morgan fingerprint density at radius 1 is 1.11 bits per heavy atom. The van der Waals surface area contributed by atoms with E-state index in [9.17, 15) is 0 Å². The van der Waals surface area contributed by atoms with Crippen LogP contribution in [0.4, 0.5) is 5.69 Å². The Bertz CT molecular complexity index is 551. The molecule has 0 radical (unpaired) electrons. The van der Waals surface area contributed by atoms with Crippen molar-refractivity contribution in [2.75, 3.05) is 11.9 Å². The standard InChI is InChI=1S/C17H22N2/c1-17(10-5-2-6-11-17)13-19-16-9-12-18-15-8-4-3-7-14(15)16/h3-4,7-9,12H,2,5-6,10-11,13H2,1H3,(H,18,19). The minimum atomic E-state index is 0.461. The van der Waals surface area contributed by atoms with Crippen molar-refractivity contribution in [3.63, 3.8) is 0 Å². The summed E-state index contributed by atoms with van der Waals surface area (Å²) < 4.78 is 0. The van der Waals surface area contributed by atoms with E-state index in [1.807, 2.05) is 12.3 Å². The lowest BCUT2D eigenvalue weighted by Gasteiger charge is -2.34. The van der Waals surface area contributed by atoms with Crippen LogP contribution in [0.1, 0.15) is 39.0 Å². The second kappa shape index (κ2) is 5.20. The van der Waals surface area contributed by atoms with Gasteiger partial charge in [-0.05, 0) is 30.4 Å². The monoisotopic (exact) mass is 254 g/mol. The summed E-state index contributed by atoms with van der Waals surface area (Å²) in [6.07, 6.45) is 8.78. The average Bonchev–Trinajstić information content (AvgIpc) is 2.46. The molecule has 0 saturated heterocycles. The molecule has 0 aliphatic heterocycles. The highest BCUT2D eigenvalue weighted by molar-refractivity contribution is 5.90. The van der Waals surface area contributed by atoms with Crippen molar-refractivity contribution >= 4 is 16.6 Å². The smallest absolute Gasteiger partial charge is 0.0722 e. The summed E-state index contributed by atoms with van der Waals surface area (Å²) >= 11 is 0. The van der Waals surface area contributed by atoms with Crippen LogP contribution in [-0.4, -0.2) is 11.5 Å². The second-order valence-corrected chi connectivity index (χ2v) is 6.10. The van der Waals surface area contributed by atoms with Gasteiger partial charge in [-0.3, -0.25) is 4.98 Å². The third kappa shape index (κ3) is 2.73. The Morgan fingerprint density at radius 2 is 1.89 bits per heavy atom. The molecular weight excluding hydrogens is 232 g/mol. The van der Waals surface area contributed by atoms with Gasteiger partial charge in [-0.2, -0.15) is 0 Å². The van der Waals surface area contributed by atoms with Crippen LogP contribution in [0.5, 0.6) is 0 Å². The van der Waals surface area contributed by atoms with Crippen LogP contribution in [0.25, 0.3) is 10.9 Å². The first-order chi connectivity index (χ1) is 9.27. The Hall–Kier alpha value is -1.57. The van der Waals surface area contributed by atoms with E-state index in [1.165, 1.54) is 43.2 Å². The molecule has 1 saturated carbocycles. The number of hydrogen-bond acceptors (Lipinski definition) is 2.